The Kier molecular flexibility index (Phi) is 2.52. The minimum absolute atomic E-state index is 0.0140. The van der Waals surface area contributed by atoms with E-state index in [1.54, 1.807) is 0 Å². The zero-order chi connectivity index (χ0) is 9.14. The van der Waals surface area contributed by atoms with Crippen LogP contribution in [0.3, 0.4) is 0 Å². The number of rotatable bonds is 3. The monoisotopic (exact) mass is 172 g/mol. The maximum Gasteiger partial charge on any atom is 0.317 e. The van der Waals surface area contributed by atoms with Crippen LogP contribution in [0.25, 0.3) is 0 Å². The van der Waals surface area contributed by atoms with Crippen LogP contribution in [0.15, 0.2) is 0 Å². The summed E-state index contributed by atoms with van der Waals surface area (Å²) in [5, 5.41) is 11.1. The third-order valence-electron chi connectivity index (χ3n) is 1.75. The molecule has 5 heteroatoms. The van der Waals surface area contributed by atoms with Gasteiger partial charge < -0.3 is 15.3 Å². The Labute approximate surface area is 70.4 Å². The Hall–Kier alpha value is -1.26. The van der Waals surface area contributed by atoms with Gasteiger partial charge in [-0.3, -0.25) is 4.79 Å². The molecule has 1 fully saturated rings. The summed E-state index contributed by atoms with van der Waals surface area (Å²) in [6.07, 6.45) is 0.0140. The van der Waals surface area contributed by atoms with Crippen molar-refractivity contribution in [2.24, 2.45) is 0 Å². The maximum absolute atomic E-state index is 11.0. The van der Waals surface area contributed by atoms with Crippen LogP contribution >= 0.6 is 0 Å². The lowest BCUT2D eigenvalue weighted by atomic mass is 10.3. The molecule has 0 aromatic heterocycles. The molecule has 1 saturated heterocycles. The summed E-state index contributed by atoms with van der Waals surface area (Å²) in [7, 11) is 0. The fourth-order valence-electron chi connectivity index (χ4n) is 1.18. The van der Waals surface area contributed by atoms with Crippen LogP contribution in [-0.4, -0.2) is 41.1 Å². The van der Waals surface area contributed by atoms with Gasteiger partial charge in [0.15, 0.2) is 0 Å². The lowest BCUT2D eigenvalue weighted by Crippen LogP contribution is -2.30. The van der Waals surface area contributed by atoms with Crippen LogP contribution in [0.2, 0.25) is 0 Å². The van der Waals surface area contributed by atoms with Crippen molar-refractivity contribution in [1.82, 2.24) is 10.2 Å². The summed E-state index contributed by atoms with van der Waals surface area (Å²) in [5.74, 6) is -0.873. The Morgan fingerprint density at radius 1 is 1.83 bits per heavy atom. The number of amides is 2. The van der Waals surface area contributed by atoms with Gasteiger partial charge in [0.25, 0.3) is 0 Å². The van der Waals surface area contributed by atoms with Gasteiger partial charge in [0.05, 0.1) is 6.42 Å². The van der Waals surface area contributed by atoms with Gasteiger partial charge in [-0.15, -0.1) is 0 Å². The van der Waals surface area contributed by atoms with Crippen LogP contribution in [0.4, 0.5) is 4.79 Å². The van der Waals surface area contributed by atoms with E-state index in [-0.39, 0.29) is 18.5 Å². The Morgan fingerprint density at radius 3 is 2.92 bits per heavy atom. The van der Waals surface area contributed by atoms with Gasteiger partial charge in [-0.25, -0.2) is 4.79 Å². The van der Waals surface area contributed by atoms with E-state index in [0.717, 1.165) is 0 Å². The molecule has 5 nitrogen and oxygen atoms in total. The van der Waals surface area contributed by atoms with Crippen molar-refractivity contribution in [3.05, 3.63) is 0 Å². The molecule has 0 spiro atoms. The van der Waals surface area contributed by atoms with Gasteiger partial charge in [-0.2, -0.15) is 0 Å². The maximum atomic E-state index is 11.0. The number of aliphatic carboxylic acids is 1. The first-order valence-electron chi connectivity index (χ1n) is 3.87. The zero-order valence-electron chi connectivity index (χ0n) is 6.91. The first-order chi connectivity index (χ1) is 5.59. The highest BCUT2D eigenvalue weighted by Gasteiger charge is 2.25. The van der Waals surface area contributed by atoms with Crippen molar-refractivity contribution in [2.75, 3.05) is 13.1 Å². The van der Waals surface area contributed by atoms with Crippen molar-refractivity contribution >= 4 is 12.0 Å². The van der Waals surface area contributed by atoms with Crippen molar-refractivity contribution in [1.29, 1.82) is 0 Å². The molecular formula is C7H12N2O3. The van der Waals surface area contributed by atoms with E-state index in [9.17, 15) is 9.59 Å². The molecule has 68 valence electrons. The van der Waals surface area contributed by atoms with Crippen molar-refractivity contribution in [2.45, 2.75) is 19.4 Å². The van der Waals surface area contributed by atoms with Crippen LogP contribution in [0, 0.1) is 0 Å². The van der Waals surface area contributed by atoms with Crippen molar-refractivity contribution < 1.29 is 14.7 Å². The third kappa shape index (κ3) is 2.11. The highest BCUT2D eigenvalue weighted by molar-refractivity contribution is 5.77. The molecule has 0 saturated carbocycles. The average Bonchev–Trinajstić information content (AvgIpc) is 2.26. The highest BCUT2D eigenvalue weighted by Crippen LogP contribution is 2.03. The molecule has 0 aromatic rings. The SMILES string of the molecule is CC1CN(CCC(=O)O)C(=O)N1. The van der Waals surface area contributed by atoms with E-state index >= 15 is 0 Å². The molecule has 1 rings (SSSR count). The lowest BCUT2D eigenvalue weighted by Gasteiger charge is -2.11. The number of hydrogen-bond acceptors (Lipinski definition) is 2. The van der Waals surface area contributed by atoms with Gasteiger partial charge in [0.2, 0.25) is 0 Å². The second-order valence-corrected chi connectivity index (χ2v) is 2.94. The Bertz CT molecular complexity index is 205. The van der Waals surface area contributed by atoms with Crippen LogP contribution in [0.1, 0.15) is 13.3 Å². The summed E-state index contributed by atoms with van der Waals surface area (Å²) in [6, 6.07) is -0.0324. The van der Waals surface area contributed by atoms with Crippen LogP contribution < -0.4 is 5.32 Å². The smallest absolute Gasteiger partial charge is 0.317 e. The third-order valence-corrected chi connectivity index (χ3v) is 1.75. The summed E-state index contributed by atoms with van der Waals surface area (Å²) in [4.78, 5) is 22.7. The van der Waals surface area contributed by atoms with E-state index < -0.39 is 5.97 Å². The first kappa shape index (κ1) is 8.83. The second-order valence-electron chi connectivity index (χ2n) is 2.94. The van der Waals surface area contributed by atoms with E-state index in [1.807, 2.05) is 6.92 Å². The average molecular weight is 172 g/mol. The molecule has 2 amide bonds. The van der Waals surface area contributed by atoms with Gasteiger partial charge >= 0.3 is 12.0 Å². The summed E-state index contributed by atoms with van der Waals surface area (Å²) >= 11 is 0. The molecular weight excluding hydrogens is 160 g/mol. The number of hydrogen-bond donors (Lipinski definition) is 2. The van der Waals surface area contributed by atoms with Crippen LogP contribution in [0.5, 0.6) is 0 Å². The quantitative estimate of drug-likeness (QED) is 0.623. The number of nitrogens with zero attached hydrogens (tertiary/aromatic N) is 1. The van der Waals surface area contributed by atoms with E-state index in [2.05, 4.69) is 5.32 Å². The lowest BCUT2D eigenvalue weighted by molar-refractivity contribution is -0.137. The molecule has 1 atom stereocenters. The molecule has 1 heterocycles. The molecule has 0 bridgehead atoms. The van der Waals surface area contributed by atoms with Gasteiger partial charge in [0, 0.05) is 19.1 Å². The highest BCUT2D eigenvalue weighted by atomic mass is 16.4. The van der Waals surface area contributed by atoms with Crippen molar-refractivity contribution in [3.63, 3.8) is 0 Å². The number of carbonyl (C=O) groups is 2. The van der Waals surface area contributed by atoms with Crippen molar-refractivity contribution in [3.8, 4) is 0 Å². The summed E-state index contributed by atoms with van der Waals surface area (Å²) in [6.45, 7) is 2.79. The van der Waals surface area contributed by atoms with Gasteiger partial charge in [-0.05, 0) is 6.92 Å². The molecule has 1 aliphatic heterocycles. The number of carboxylic acids is 1. The minimum atomic E-state index is -0.873. The number of carboxylic acid groups (broad SMARTS) is 1. The standard InChI is InChI=1S/C7H12N2O3/c1-5-4-9(7(12)8-5)3-2-6(10)11/h5H,2-4H2,1H3,(H,8,12)(H,10,11). The predicted molar refractivity (Wildman–Crippen MR) is 41.8 cm³/mol. The van der Waals surface area contributed by atoms with Gasteiger partial charge in [0.1, 0.15) is 0 Å². The Morgan fingerprint density at radius 2 is 2.50 bits per heavy atom. The fraction of sp³-hybridized carbons (Fsp3) is 0.714. The molecule has 12 heavy (non-hydrogen) atoms. The Balaban J connectivity index is 2.33. The first-order valence-corrected chi connectivity index (χ1v) is 3.87. The second kappa shape index (κ2) is 3.42. The zero-order valence-corrected chi connectivity index (χ0v) is 6.91. The normalized spacial score (nSPS) is 22.6. The molecule has 1 unspecified atom stereocenters. The van der Waals surface area contributed by atoms with E-state index in [1.165, 1.54) is 4.90 Å². The topological polar surface area (TPSA) is 69.6 Å². The molecule has 1 aliphatic rings. The summed E-state index contributed by atoms with van der Waals surface area (Å²) in [5.41, 5.74) is 0. The molecule has 0 aliphatic carbocycles. The largest absolute Gasteiger partial charge is 0.481 e. The predicted octanol–water partition coefficient (Wildman–Crippen LogP) is -0.125. The number of carbonyl (C=O) groups excluding carboxylic acids is 1. The summed E-state index contributed by atoms with van der Waals surface area (Å²) < 4.78 is 0. The number of nitrogens with one attached hydrogen (secondary N) is 1. The molecule has 0 radical (unpaired) electrons. The minimum Gasteiger partial charge on any atom is -0.481 e. The fourth-order valence-corrected chi connectivity index (χ4v) is 1.18. The number of urea groups is 1. The van der Waals surface area contributed by atoms with Gasteiger partial charge in [-0.1, -0.05) is 0 Å². The molecule has 2 N–H and O–H groups in total. The van der Waals surface area contributed by atoms with E-state index in [0.29, 0.717) is 13.1 Å². The van der Waals surface area contributed by atoms with Crippen LogP contribution in [-0.2, 0) is 4.79 Å². The van der Waals surface area contributed by atoms with E-state index in [4.69, 9.17) is 5.11 Å². The molecule has 0 aromatic carbocycles.